The SMILES string of the molecule is CC(NC(=O)c1ccncc1)C(C)(F)F. The van der Waals surface area contributed by atoms with E-state index in [4.69, 9.17) is 0 Å². The normalized spacial score (nSPS) is 13.3. The highest BCUT2D eigenvalue weighted by Crippen LogP contribution is 2.16. The first-order chi connectivity index (χ1) is 6.91. The lowest BCUT2D eigenvalue weighted by Gasteiger charge is -2.20. The first-order valence-corrected chi connectivity index (χ1v) is 4.50. The number of alkyl halides is 2. The Morgan fingerprint density at radius 2 is 2.00 bits per heavy atom. The second kappa shape index (κ2) is 4.33. The van der Waals surface area contributed by atoms with E-state index in [1.54, 1.807) is 0 Å². The van der Waals surface area contributed by atoms with Gasteiger partial charge in [0, 0.05) is 24.9 Å². The van der Waals surface area contributed by atoms with Crippen molar-refractivity contribution in [3.05, 3.63) is 30.1 Å². The van der Waals surface area contributed by atoms with Crippen LogP contribution in [-0.2, 0) is 0 Å². The number of nitrogens with one attached hydrogen (secondary N) is 1. The number of halogens is 2. The molecule has 0 bridgehead atoms. The zero-order valence-corrected chi connectivity index (χ0v) is 8.50. The number of nitrogens with zero attached hydrogens (tertiary/aromatic N) is 1. The van der Waals surface area contributed by atoms with Crippen LogP contribution in [0.2, 0.25) is 0 Å². The van der Waals surface area contributed by atoms with E-state index in [9.17, 15) is 13.6 Å². The first kappa shape index (κ1) is 11.6. The van der Waals surface area contributed by atoms with Gasteiger partial charge in [0.05, 0.1) is 6.04 Å². The third-order valence-corrected chi connectivity index (χ3v) is 2.05. The molecule has 0 aliphatic carbocycles. The third kappa shape index (κ3) is 3.27. The summed E-state index contributed by atoms with van der Waals surface area (Å²) >= 11 is 0. The molecular formula is C10H12F2N2O. The van der Waals surface area contributed by atoms with Crippen molar-refractivity contribution < 1.29 is 13.6 Å². The number of carbonyl (C=O) groups is 1. The van der Waals surface area contributed by atoms with Gasteiger partial charge in [0.1, 0.15) is 0 Å². The van der Waals surface area contributed by atoms with Crippen molar-refractivity contribution in [2.75, 3.05) is 0 Å². The Hall–Kier alpha value is -1.52. The summed E-state index contributed by atoms with van der Waals surface area (Å²) in [4.78, 5) is 15.2. The average Bonchev–Trinajstić information content (AvgIpc) is 2.17. The van der Waals surface area contributed by atoms with Crippen molar-refractivity contribution in [3.8, 4) is 0 Å². The van der Waals surface area contributed by atoms with Crippen LogP contribution in [0.4, 0.5) is 8.78 Å². The van der Waals surface area contributed by atoms with Gasteiger partial charge in [-0.2, -0.15) is 0 Å². The number of hydrogen-bond acceptors (Lipinski definition) is 2. The van der Waals surface area contributed by atoms with Crippen LogP contribution in [0.5, 0.6) is 0 Å². The molecule has 0 aliphatic heterocycles. The van der Waals surface area contributed by atoms with E-state index in [1.807, 2.05) is 0 Å². The molecule has 0 radical (unpaired) electrons. The second-order valence-electron chi connectivity index (χ2n) is 3.39. The van der Waals surface area contributed by atoms with Crippen LogP contribution in [0.1, 0.15) is 24.2 Å². The summed E-state index contributed by atoms with van der Waals surface area (Å²) < 4.78 is 25.5. The molecule has 1 amide bonds. The number of carbonyl (C=O) groups excluding carboxylic acids is 1. The maximum absolute atomic E-state index is 12.8. The first-order valence-electron chi connectivity index (χ1n) is 4.50. The van der Waals surface area contributed by atoms with Crippen molar-refractivity contribution in [1.82, 2.24) is 10.3 Å². The molecule has 0 saturated carbocycles. The van der Waals surface area contributed by atoms with Crippen LogP contribution < -0.4 is 5.32 Å². The zero-order valence-electron chi connectivity index (χ0n) is 8.50. The minimum Gasteiger partial charge on any atom is -0.344 e. The minimum atomic E-state index is -2.93. The third-order valence-electron chi connectivity index (χ3n) is 2.05. The molecule has 0 aromatic carbocycles. The molecule has 15 heavy (non-hydrogen) atoms. The lowest BCUT2D eigenvalue weighted by molar-refractivity contribution is -0.0108. The van der Waals surface area contributed by atoms with Crippen LogP contribution in [-0.4, -0.2) is 22.9 Å². The molecular weight excluding hydrogens is 202 g/mol. The zero-order chi connectivity index (χ0) is 11.5. The van der Waals surface area contributed by atoms with Gasteiger partial charge in [-0.05, 0) is 19.1 Å². The highest BCUT2D eigenvalue weighted by Gasteiger charge is 2.31. The van der Waals surface area contributed by atoms with Crippen molar-refractivity contribution in [3.63, 3.8) is 0 Å². The Morgan fingerprint density at radius 1 is 1.47 bits per heavy atom. The monoisotopic (exact) mass is 214 g/mol. The van der Waals surface area contributed by atoms with E-state index in [0.717, 1.165) is 6.92 Å². The fourth-order valence-corrected chi connectivity index (χ4v) is 0.910. The Kier molecular flexibility index (Phi) is 3.34. The van der Waals surface area contributed by atoms with Crippen molar-refractivity contribution in [2.45, 2.75) is 25.8 Å². The van der Waals surface area contributed by atoms with Crippen molar-refractivity contribution in [2.24, 2.45) is 0 Å². The highest BCUT2D eigenvalue weighted by molar-refractivity contribution is 5.94. The van der Waals surface area contributed by atoms with Crippen LogP contribution in [0.15, 0.2) is 24.5 Å². The fourth-order valence-electron chi connectivity index (χ4n) is 0.910. The Balaban J connectivity index is 2.65. The van der Waals surface area contributed by atoms with Gasteiger partial charge in [-0.3, -0.25) is 9.78 Å². The topological polar surface area (TPSA) is 42.0 Å². The predicted molar refractivity (Wildman–Crippen MR) is 51.8 cm³/mol. The molecule has 1 unspecified atom stereocenters. The molecule has 0 saturated heterocycles. The number of hydrogen-bond donors (Lipinski definition) is 1. The molecule has 1 heterocycles. The standard InChI is InChI=1S/C10H12F2N2O/c1-7(10(2,11)12)14-9(15)8-3-5-13-6-4-8/h3-7H,1-2H3,(H,14,15). The van der Waals surface area contributed by atoms with Gasteiger partial charge in [0.2, 0.25) is 0 Å². The fraction of sp³-hybridized carbons (Fsp3) is 0.400. The molecule has 1 aromatic rings. The summed E-state index contributed by atoms with van der Waals surface area (Å²) in [6, 6.07) is 1.74. The van der Waals surface area contributed by atoms with E-state index >= 15 is 0 Å². The number of rotatable bonds is 3. The average molecular weight is 214 g/mol. The van der Waals surface area contributed by atoms with E-state index in [0.29, 0.717) is 5.56 Å². The second-order valence-corrected chi connectivity index (χ2v) is 3.39. The summed E-state index contributed by atoms with van der Waals surface area (Å²) in [5.74, 6) is -3.45. The van der Waals surface area contributed by atoms with Gasteiger partial charge in [0.25, 0.3) is 11.8 Å². The molecule has 1 atom stereocenters. The van der Waals surface area contributed by atoms with Gasteiger partial charge in [-0.25, -0.2) is 8.78 Å². The summed E-state index contributed by atoms with van der Waals surface area (Å²) in [5.41, 5.74) is 0.320. The van der Waals surface area contributed by atoms with Gasteiger partial charge >= 0.3 is 0 Å². The predicted octanol–water partition coefficient (Wildman–Crippen LogP) is 1.86. The molecule has 0 aliphatic rings. The van der Waals surface area contributed by atoms with E-state index in [-0.39, 0.29) is 0 Å². The molecule has 3 nitrogen and oxygen atoms in total. The lowest BCUT2D eigenvalue weighted by atomic mass is 10.2. The van der Waals surface area contributed by atoms with Gasteiger partial charge in [-0.15, -0.1) is 0 Å². The van der Waals surface area contributed by atoms with Gasteiger partial charge < -0.3 is 5.32 Å². The Morgan fingerprint density at radius 3 is 2.47 bits per heavy atom. The number of pyridine rings is 1. The highest BCUT2D eigenvalue weighted by atomic mass is 19.3. The number of amides is 1. The molecule has 82 valence electrons. The lowest BCUT2D eigenvalue weighted by Crippen LogP contribution is -2.43. The Labute approximate surface area is 86.5 Å². The van der Waals surface area contributed by atoms with E-state index < -0.39 is 17.9 Å². The van der Waals surface area contributed by atoms with Crippen LogP contribution in [0.25, 0.3) is 0 Å². The molecule has 1 aromatic heterocycles. The molecule has 5 heteroatoms. The summed E-state index contributed by atoms with van der Waals surface area (Å²) in [6.45, 7) is 2.03. The van der Waals surface area contributed by atoms with E-state index in [2.05, 4.69) is 10.3 Å². The van der Waals surface area contributed by atoms with Crippen LogP contribution >= 0.6 is 0 Å². The molecule has 1 rings (SSSR count). The molecule has 0 fully saturated rings. The molecule has 1 N–H and O–H groups in total. The molecule has 0 spiro atoms. The smallest absolute Gasteiger partial charge is 0.264 e. The maximum atomic E-state index is 12.8. The summed E-state index contributed by atoms with van der Waals surface area (Å²) in [6.07, 6.45) is 2.87. The quantitative estimate of drug-likeness (QED) is 0.834. The van der Waals surface area contributed by atoms with Crippen molar-refractivity contribution >= 4 is 5.91 Å². The van der Waals surface area contributed by atoms with Crippen LogP contribution in [0.3, 0.4) is 0 Å². The largest absolute Gasteiger partial charge is 0.344 e. The summed E-state index contributed by atoms with van der Waals surface area (Å²) in [5, 5.41) is 2.22. The van der Waals surface area contributed by atoms with Gasteiger partial charge in [-0.1, -0.05) is 0 Å². The number of aromatic nitrogens is 1. The van der Waals surface area contributed by atoms with Gasteiger partial charge in [0.15, 0.2) is 0 Å². The van der Waals surface area contributed by atoms with Crippen molar-refractivity contribution in [1.29, 1.82) is 0 Å². The van der Waals surface area contributed by atoms with E-state index in [1.165, 1.54) is 31.5 Å². The summed E-state index contributed by atoms with van der Waals surface area (Å²) in [7, 11) is 0. The van der Waals surface area contributed by atoms with Crippen LogP contribution in [0, 0.1) is 0 Å². The minimum absolute atomic E-state index is 0.320. The maximum Gasteiger partial charge on any atom is 0.264 e. The Bertz CT molecular complexity index is 335.